The second-order valence-corrected chi connectivity index (χ2v) is 5.78. The van der Waals surface area contributed by atoms with Crippen LogP contribution in [0.15, 0.2) is 23.8 Å². The number of phenols is 1. The van der Waals surface area contributed by atoms with Crippen LogP contribution in [0.5, 0.6) is 5.75 Å². The summed E-state index contributed by atoms with van der Waals surface area (Å²) in [5.74, 6) is -2.99. The van der Waals surface area contributed by atoms with Crippen LogP contribution in [0.25, 0.3) is 6.08 Å². The molecule has 7 heteroatoms. The Bertz CT molecular complexity index is 658. The predicted molar refractivity (Wildman–Crippen MR) is 87.3 cm³/mol. The average Bonchev–Trinajstić information content (AvgIpc) is 2.48. The van der Waals surface area contributed by atoms with Crippen molar-refractivity contribution in [1.29, 1.82) is 0 Å². The first kappa shape index (κ1) is 17.8. The first-order valence-corrected chi connectivity index (χ1v) is 7.64. The van der Waals surface area contributed by atoms with E-state index in [2.05, 4.69) is 0 Å². The fourth-order valence-corrected chi connectivity index (χ4v) is 2.38. The Kier molecular flexibility index (Phi) is 5.14. The first-order valence-electron chi connectivity index (χ1n) is 7.64. The molecule has 0 atom stereocenters. The summed E-state index contributed by atoms with van der Waals surface area (Å²) < 4.78 is 10.0. The molecule has 1 aliphatic rings. The Morgan fingerprint density at radius 1 is 1.21 bits per heavy atom. The van der Waals surface area contributed by atoms with E-state index in [1.54, 1.807) is 12.1 Å². The molecule has 0 radical (unpaired) electrons. The highest BCUT2D eigenvalue weighted by Crippen LogP contribution is 2.29. The summed E-state index contributed by atoms with van der Waals surface area (Å²) in [6.45, 7) is 5.95. The maximum Gasteiger partial charge on any atom is 0.348 e. The lowest BCUT2D eigenvalue weighted by Gasteiger charge is -2.29. The number of hydrogen-bond acceptors (Lipinski definition) is 7. The minimum atomic E-state index is -1.30. The zero-order valence-corrected chi connectivity index (χ0v) is 13.9. The number of phenolic OH excluding ortho intramolecular Hbond substituents is 1. The Hall–Kier alpha value is -2.54. The van der Waals surface area contributed by atoms with Gasteiger partial charge in [-0.2, -0.15) is 0 Å². The number of rotatable bonds is 5. The van der Waals surface area contributed by atoms with E-state index in [0.717, 1.165) is 5.69 Å². The van der Waals surface area contributed by atoms with Gasteiger partial charge in [-0.25, -0.2) is 9.59 Å². The van der Waals surface area contributed by atoms with E-state index in [9.17, 15) is 14.7 Å². The molecular weight excluding hydrogens is 314 g/mol. The molecule has 0 saturated carbocycles. The number of nitrogens with zero attached hydrogens (tertiary/aromatic N) is 1. The van der Waals surface area contributed by atoms with E-state index in [-0.39, 0.29) is 17.9 Å². The van der Waals surface area contributed by atoms with Gasteiger partial charge >= 0.3 is 11.9 Å². The lowest BCUT2D eigenvalue weighted by Crippen LogP contribution is -2.41. The van der Waals surface area contributed by atoms with E-state index < -0.39 is 17.7 Å². The average molecular weight is 335 g/mol. The number of carbonyl (C=O) groups excluding carboxylic acids is 2. The molecule has 0 aliphatic carbocycles. The molecule has 2 rings (SSSR count). The molecule has 0 bridgehead atoms. The van der Waals surface area contributed by atoms with Gasteiger partial charge in [0, 0.05) is 44.3 Å². The Balaban J connectivity index is 2.30. The molecule has 1 aromatic rings. The van der Waals surface area contributed by atoms with Crippen molar-refractivity contribution in [2.24, 2.45) is 0 Å². The van der Waals surface area contributed by atoms with Crippen molar-refractivity contribution in [2.45, 2.75) is 26.6 Å². The third-order valence-corrected chi connectivity index (χ3v) is 3.55. The molecule has 1 aromatic carbocycles. The minimum absolute atomic E-state index is 0.00608. The summed E-state index contributed by atoms with van der Waals surface area (Å²) in [6.07, 6.45) is 1.24. The Morgan fingerprint density at radius 3 is 2.33 bits per heavy atom. The number of likely N-dealkylation sites (N-methyl/N-ethyl adjacent to an activating group) is 1. The van der Waals surface area contributed by atoms with Crippen LogP contribution in [0.3, 0.4) is 0 Å². The largest absolute Gasteiger partial charge is 0.507 e. The standard InChI is InChI=1S/C17H21NO6/c1-4-18(7-8-19)12-6-5-11(14(20)10-12)9-13-15(21)23-17(2,3)24-16(13)22/h5-6,9-10,19-20H,4,7-8H2,1-3H3. The van der Waals surface area contributed by atoms with Crippen LogP contribution >= 0.6 is 0 Å². The van der Waals surface area contributed by atoms with Crippen molar-refractivity contribution in [3.8, 4) is 5.75 Å². The van der Waals surface area contributed by atoms with E-state index in [0.29, 0.717) is 18.7 Å². The van der Waals surface area contributed by atoms with E-state index in [1.165, 1.54) is 26.0 Å². The molecule has 1 fully saturated rings. The monoisotopic (exact) mass is 335 g/mol. The summed E-state index contributed by atoms with van der Waals surface area (Å²) in [5, 5.41) is 19.2. The number of ether oxygens (including phenoxy) is 2. The molecule has 7 nitrogen and oxygen atoms in total. The molecule has 130 valence electrons. The third-order valence-electron chi connectivity index (χ3n) is 3.55. The van der Waals surface area contributed by atoms with Crippen LogP contribution in [-0.2, 0) is 19.1 Å². The van der Waals surface area contributed by atoms with E-state index in [1.807, 2.05) is 11.8 Å². The zero-order valence-electron chi connectivity index (χ0n) is 13.9. The SMILES string of the molecule is CCN(CCO)c1ccc(C=C2C(=O)OC(C)(C)OC2=O)c(O)c1. The number of cyclic esters (lactones) is 2. The maximum atomic E-state index is 11.9. The minimum Gasteiger partial charge on any atom is -0.507 e. The molecule has 0 aromatic heterocycles. The number of aliphatic hydroxyl groups excluding tert-OH is 1. The van der Waals surface area contributed by atoms with Gasteiger partial charge in [0.2, 0.25) is 0 Å². The van der Waals surface area contributed by atoms with Crippen molar-refractivity contribution in [2.75, 3.05) is 24.6 Å². The summed E-state index contributed by atoms with van der Waals surface area (Å²) in [5.41, 5.74) is 0.739. The van der Waals surface area contributed by atoms with Gasteiger partial charge in [-0.3, -0.25) is 0 Å². The highest BCUT2D eigenvalue weighted by Gasteiger charge is 2.38. The third kappa shape index (κ3) is 3.86. The number of carbonyl (C=O) groups is 2. The smallest absolute Gasteiger partial charge is 0.348 e. The topological polar surface area (TPSA) is 96.3 Å². The molecule has 2 N–H and O–H groups in total. The normalized spacial score (nSPS) is 16.4. The van der Waals surface area contributed by atoms with Crippen LogP contribution < -0.4 is 4.90 Å². The fraction of sp³-hybridized carbons (Fsp3) is 0.412. The van der Waals surface area contributed by atoms with Gasteiger partial charge in [0.25, 0.3) is 5.79 Å². The van der Waals surface area contributed by atoms with Crippen LogP contribution in [-0.4, -0.2) is 47.6 Å². The van der Waals surface area contributed by atoms with E-state index in [4.69, 9.17) is 14.6 Å². The number of hydrogen-bond donors (Lipinski definition) is 2. The molecule has 1 heterocycles. The van der Waals surface area contributed by atoms with Crippen LogP contribution in [0, 0.1) is 0 Å². The number of esters is 2. The van der Waals surface area contributed by atoms with Crippen molar-refractivity contribution < 1.29 is 29.3 Å². The van der Waals surface area contributed by atoms with Gasteiger partial charge < -0.3 is 24.6 Å². The van der Waals surface area contributed by atoms with Gasteiger partial charge in [0.1, 0.15) is 11.3 Å². The lowest BCUT2D eigenvalue weighted by atomic mass is 10.1. The van der Waals surface area contributed by atoms with Crippen molar-refractivity contribution >= 4 is 23.7 Å². The second kappa shape index (κ2) is 6.92. The zero-order chi connectivity index (χ0) is 17.9. The van der Waals surface area contributed by atoms with Crippen LogP contribution in [0.4, 0.5) is 5.69 Å². The van der Waals surface area contributed by atoms with Crippen molar-refractivity contribution in [1.82, 2.24) is 0 Å². The highest BCUT2D eigenvalue weighted by molar-refractivity contribution is 6.19. The predicted octanol–water partition coefficient (Wildman–Crippen LogP) is 1.43. The van der Waals surface area contributed by atoms with Gasteiger partial charge in [-0.05, 0) is 25.1 Å². The van der Waals surface area contributed by atoms with Gasteiger partial charge in [-0.15, -0.1) is 0 Å². The summed E-state index contributed by atoms with van der Waals surface area (Å²) in [4.78, 5) is 25.7. The highest BCUT2D eigenvalue weighted by atomic mass is 16.7. The summed E-state index contributed by atoms with van der Waals surface area (Å²) >= 11 is 0. The first-order chi connectivity index (χ1) is 11.3. The summed E-state index contributed by atoms with van der Waals surface area (Å²) in [7, 11) is 0. The molecule has 24 heavy (non-hydrogen) atoms. The molecular formula is C17H21NO6. The fourth-order valence-electron chi connectivity index (χ4n) is 2.38. The van der Waals surface area contributed by atoms with E-state index >= 15 is 0 Å². The molecule has 0 amide bonds. The van der Waals surface area contributed by atoms with Crippen LogP contribution in [0.1, 0.15) is 26.3 Å². The summed E-state index contributed by atoms with van der Waals surface area (Å²) in [6, 6.07) is 4.82. The quantitative estimate of drug-likeness (QED) is 0.477. The molecule has 0 unspecified atom stereocenters. The van der Waals surface area contributed by atoms with Crippen LogP contribution in [0.2, 0.25) is 0 Å². The second-order valence-electron chi connectivity index (χ2n) is 5.78. The Labute approximate surface area is 140 Å². The van der Waals surface area contributed by atoms with Gasteiger partial charge in [0.15, 0.2) is 0 Å². The number of aromatic hydroxyl groups is 1. The Morgan fingerprint density at radius 2 is 1.83 bits per heavy atom. The lowest BCUT2D eigenvalue weighted by molar-refractivity contribution is -0.222. The van der Waals surface area contributed by atoms with Crippen molar-refractivity contribution in [3.63, 3.8) is 0 Å². The van der Waals surface area contributed by atoms with Crippen molar-refractivity contribution in [3.05, 3.63) is 29.3 Å². The molecule has 1 aliphatic heterocycles. The number of aliphatic hydroxyl groups is 1. The van der Waals surface area contributed by atoms with Gasteiger partial charge in [0.05, 0.1) is 6.61 Å². The molecule has 0 spiro atoms. The number of anilines is 1. The van der Waals surface area contributed by atoms with Gasteiger partial charge in [-0.1, -0.05) is 0 Å². The maximum absolute atomic E-state index is 11.9. The molecule has 1 saturated heterocycles. The number of benzene rings is 1.